The summed E-state index contributed by atoms with van der Waals surface area (Å²) in [6.45, 7) is 0. The molecule has 3 aromatic rings. The summed E-state index contributed by atoms with van der Waals surface area (Å²) in [5, 5.41) is 2.64. The molecular formula is C17H12F2N4O. The summed E-state index contributed by atoms with van der Waals surface area (Å²) in [4.78, 5) is 20.1. The number of nitrogens with two attached hydrogens (primary N) is 1. The van der Waals surface area contributed by atoms with Crippen molar-refractivity contribution < 1.29 is 13.6 Å². The number of carbonyl (C=O) groups excluding carboxylic acids is 1. The van der Waals surface area contributed by atoms with Crippen LogP contribution in [0.4, 0.5) is 20.4 Å². The molecule has 0 spiro atoms. The molecule has 1 aromatic heterocycles. The molecule has 0 atom stereocenters. The number of amides is 1. The number of rotatable bonds is 3. The first-order valence-corrected chi connectivity index (χ1v) is 6.97. The summed E-state index contributed by atoms with van der Waals surface area (Å²) in [5.74, 6) is -2.13. The van der Waals surface area contributed by atoms with E-state index in [-0.39, 0.29) is 11.5 Å². The second kappa shape index (κ2) is 6.41. The fourth-order valence-corrected chi connectivity index (χ4v) is 2.20. The Labute approximate surface area is 136 Å². The third-order valence-electron chi connectivity index (χ3n) is 3.28. The summed E-state index contributed by atoms with van der Waals surface area (Å²) in [6.07, 6.45) is 3.05. The molecule has 7 heteroatoms. The van der Waals surface area contributed by atoms with Crippen LogP contribution < -0.4 is 11.1 Å². The molecule has 3 N–H and O–H groups in total. The van der Waals surface area contributed by atoms with Gasteiger partial charge in [0, 0.05) is 40.8 Å². The average molecular weight is 326 g/mol. The second-order valence-electron chi connectivity index (χ2n) is 4.99. The summed E-state index contributed by atoms with van der Waals surface area (Å²) >= 11 is 0. The zero-order valence-electron chi connectivity index (χ0n) is 12.3. The number of hydrogen-bond donors (Lipinski definition) is 2. The van der Waals surface area contributed by atoms with E-state index in [9.17, 15) is 13.6 Å². The Balaban J connectivity index is 1.93. The number of carbonyl (C=O) groups is 1. The van der Waals surface area contributed by atoms with Crippen LogP contribution in [0.25, 0.3) is 11.1 Å². The highest BCUT2D eigenvalue weighted by Gasteiger charge is 2.12. The SMILES string of the molecule is Nc1ncc(-c2ccccc2NC(=O)c2cc(F)cc(F)c2)cn1. The third-order valence-corrected chi connectivity index (χ3v) is 3.28. The first-order valence-electron chi connectivity index (χ1n) is 6.97. The van der Waals surface area contributed by atoms with Gasteiger partial charge in [0.2, 0.25) is 5.95 Å². The molecule has 0 saturated carbocycles. The number of benzene rings is 2. The van der Waals surface area contributed by atoms with Crippen molar-refractivity contribution in [3.8, 4) is 11.1 Å². The van der Waals surface area contributed by atoms with Crippen molar-refractivity contribution >= 4 is 17.5 Å². The van der Waals surface area contributed by atoms with Gasteiger partial charge >= 0.3 is 0 Å². The van der Waals surface area contributed by atoms with Crippen molar-refractivity contribution in [2.75, 3.05) is 11.1 Å². The predicted octanol–water partition coefficient (Wildman–Crippen LogP) is 3.26. The molecular weight excluding hydrogens is 314 g/mol. The smallest absolute Gasteiger partial charge is 0.255 e. The van der Waals surface area contributed by atoms with Crippen LogP contribution in [0.5, 0.6) is 0 Å². The van der Waals surface area contributed by atoms with Crippen molar-refractivity contribution in [3.63, 3.8) is 0 Å². The minimum absolute atomic E-state index is 0.115. The van der Waals surface area contributed by atoms with Gasteiger partial charge in [0.05, 0.1) is 0 Å². The summed E-state index contributed by atoms with van der Waals surface area (Å²) in [5.41, 5.74) is 7.11. The molecule has 0 unspecified atom stereocenters. The maximum absolute atomic E-state index is 13.3. The van der Waals surface area contributed by atoms with E-state index in [1.54, 1.807) is 24.3 Å². The Hall–Kier alpha value is -3.35. The van der Waals surface area contributed by atoms with Gasteiger partial charge in [-0.3, -0.25) is 4.79 Å². The van der Waals surface area contributed by atoms with E-state index in [4.69, 9.17) is 5.73 Å². The van der Waals surface area contributed by atoms with Gasteiger partial charge in [-0.05, 0) is 18.2 Å². The van der Waals surface area contributed by atoms with Crippen molar-refractivity contribution in [1.82, 2.24) is 9.97 Å². The number of halogens is 2. The molecule has 5 nitrogen and oxygen atoms in total. The molecule has 0 aliphatic heterocycles. The Morgan fingerprint density at radius 1 is 1.00 bits per heavy atom. The quantitative estimate of drug-likeness (QED) is 0.774. The number of aromatic nitrogens is 2. The predicted molar refractivity (Wildman–Crippen MR) is 86.2 cm³/mol. The van der Waals surface area contributed by atoms with Crippen LogP contribution in [0.1, 0.15) is 10.4 Å². The fourth-order valence-electron chi connectivity index (χ4n) is 2.20. The van der Waals surface area contributed by atoms with E-state index < -0.39 is 17.5 Å². The van der Waals surface area contributed by atoms with Gasteiger partial charge in [-0.2, -0.15) is 0 Å². The van der Waals surface area contributed by atoms with Crippen LogP contribution in [-0.2, 0) is 0 Å². The molecule has 1 amide bonds. The van der Waals surface area contributed by atoms with Crippen LogP contribution in [0.2, 0.25) is 0 Å². The lowest BCUT2D eigenvalue weighted by Gasteiger charge is -2.11. The van der Waals surface area contributed by atoms with Gasteiger partial charge in [-0.15, -0.1) is 0 Å². The third kappa shape index (κ3) is 3.35. The lowest BCUT2D eigenvalue weighted by Crippen LogP contribution is -2.13. The fraction of sp³-hybridized carbons (Fsp3) is 0. The van der Waals surface area contributed by atoms with E-state index in [0.29, 0.717) is 22.9 Å². The Morgan fingerprint density at radius 2 is 1.62 bits per heavy atom. The van der Waals surface area contributed by atoms with Crippen molar-refractivity contribution in [2.24, 2.45) is 0 Å². The van der Waals surface area contributed by atoms with Crippen LogP contribution in [-0.4, -0.2) is 15.9 Å². The van der Waals surface area contributed by atoms with Gasteiger partial charge in [-0.1, -0.05) is 18.2 Å². The Kier molecular flexibility index (Phi) is 4.15. The number of nitrogen functional groups attached to an aromatic ring is 1. The topological polar surface area (TPSA) is 80.9 Å². The van der Waals surface area contributed by atoms with Crippen LogP contribution >= 0.6 is 0 Å². The number of nitrogens with one attached hydrogen (secondary N) is 1. The molecule has 3 rings (SSSR count). The lowest BCUT2D eigenvalue weighted by atomic mass is 10.1. The minimum atomic E-state index is -0.819. The minimum Gasteiger partial charge on any atom is -0.368 e. The number of nitrogens with zero attached hydrogens (tertiary/aromatic N) is 2. The van der Waals surface area contributed by atoms with Gasteiger partial charge in [0.25, 0.3) is 5.91 Å². The normalized spacial score (nSPS) is 10.4. The molecule has 0 fully saturated rings. The highest BCUT2D eigenvalue weighted by atomic mass is 19.1. The summed E-state index contributed by atoms with van der Waals surface area (Å²) in [6, 6.07) is 9.57. The first-order chi connectivity index (χ1) is 11.5. The molecule has 2 aromatic carbocycles. The first kappa shape index (κ1) is 15.5. The van der Waals surface area contributed by atoms with Gasteiger partial charge in [0.1, 0.15) is 11.6 Å². The molecule has 24 heavy (non-hydrogen) atoms. The number of anilines is 2. The average Bonchev–Trinajstić information content (AvgIpc) is 2.55. The largest absolute Gasteiger partial charge is 0.368 e. The second-order valence-corrected chi connectivity index (χ2v) is 4.99. The number of para-hydroxylation sites is 1. The molecule has 0 bridgehead atoms. The van der Waals surface area contributed by atoms with Gasteiger partial charge in [-0.25, -0.2) is 18.7 Å². The molecule has 1 heterocycles. The summed E-state index contributed by atoms with van der Waals surface area (Å²) < 4.78 is 26.5. The van der Waals surface area contributed by atoms with Crippen molar-refractivity contribution in [3.05, 3.63) is 72.1 Å². The summed E-state index contributed by atoms with van der Waals surface area (Å²) in [7, 11) is 0. The maximum atomic E-state index is 13.3. The molecule has 0 aliphatic rings. The van der Waals surface area contributed by atoms with E-state index in [1.165, 1.54) is 12.4 Å². The lowest BCUT2D eigenvalue weighted by molar-refractivity contribution is 0.102. The standard InChI is InChI=1S/C17H12F2N4O/c18-12-5-10(6-13(19)7-12)16(24)23-15-4-2-1-3-14(15)11-8-21-17(20)22-9-11/h1-9H,(H,23,24)(H2,20,21,22). The Morgan fingerprint density at radius 3 is 2.29 bits per heavy atom. The van der Waals surface area contributed by atoms with Gasteiger partial charge < -0.3 is 11.1 Å². The number of hydrogen-bond acceptors (Lipinski definition) is 4. The van der Waals surface area contributed by atoms with E-state index >= 15 is 0 Å². The molecule has 120 valence electrons. The van der Waals surface area contributed by atoms with Crippen LogP contribution in [0.3, 0.4) is 0 Å². The Bertz CT molecular complexity index is 877. The van der Waals surface area contributed by atoms with Crippen molar-refractivity contribution in [1.29, 1.82) is 0 Å². The molecule has 0 saturated heterocycles. The molecule has 0 radical (unpaired) electrons. The van der Waals surface area contributed by atoms with E-state index in [1.807, 2.05) is 0 Å². The maximum Gasteiger partial charge on any atom is 0.255 e. The zero-order valence-corrected chi connectivity index (χ0v) is 12.3. The highest BCUT2D eigenvalue weighted by Crippen LogP contribution is 2.27. The zero-order chi connectivity index (χ0) is 17.1. The van der Waals surface area contributed by atoms with Gasteiger partial charge in [0.15, 0.2) is 0 Å². The van der Waals surface area contributed by atoms with E-state index in [2.05, 4.69) is 15.3 Å². The highest BCUT2D eigenvalue weighted by molar-refractivity contribution is 6.06. The van der Waals surface area contributed by atoms with Crippen molar-refractivity contribution in [2.45, 2.75) is 0 Å². The van der Waals surface area contributed by atoms with Crippen LogP contribution in [0.15, 0.2) is 54.9 Å². The van der Waals surface area contributed by atoms with E-state index in [0.717, 1.165) is 12.1 Å². The molecule has 0 aliphatic carbocycles. The monoisotopic (exact) mass is 326 g/mol. The van der Waals surface area contributed by atoms with Crippen LogP contribution in [0, 0.1) is 11.6 Å².